The van der Waals surface area contributed by atoms with Gasteiger partial charge < -0.3 is 5.32 Å². The average molecular weight is 232 g/mol. The van der Waals surface area contributed by atoms with E-state index in [1.54, 1.807) is 0 Å². The predicted octanol–water partition coefficient (Wildman–Crippen LogP) is 2.68. The lowest BCUT2D eigenvalue weighted by molar-refractivity contribution is 0.233. The molecular formula is C15H24N2. The molecule has 0 aromatic heterocycles. The van der Waals surface area contributed by atoms with Crippen LogP contribution in [0.5, 0.6) is 0 Å². The number of nitrogens with one attached hydrogen (secondary N) is 1. The highest BCUT2D eigenvalue weighted by Gasteiger charge is 2.26. The zero-order valence-electron chi connectivity index (χ0n) is 11.0. The van der Waals surface area contributed by atoms with Crippen molar-refractivity contribution in [2.45, 2.75) is 26.3 Å². The number of rotatable bonds is 5. The highest BCUT2D eigenvalue weighted by molar-refractivity contribution is 5.19. The first-order chi connectivity index (χ1) is 8.31. The lowest BCUT2D eigenvalue weighted by Crippen LogP contribution is -2.34. The number of likely N-dealkylation sites (tertiary alicyclic amines) is 1. The van der Waals surface area contributed by atoms with E-state index in [-0.39, 0.29) is 0 Å². The van der Waals surface area contributed by atoms with Gasteiger partial charge in [0.05, 0.1) is 0 Å². The Bertz CT molecular complexity index is 323. The molecule has 2 atom stereocenters. The van der Waals surface area contributed by atoms with E-state index in [1.165, 1.54) is 25.1 Å². The minimum Gasteiger partial charge on any atom is -0.315 e. The van der Waals surface area contributed by atoms with E-state index in [1.807, 2.05) is 0 Å². The third-order valence-corrected chi connectivity index (χ3v) is 3.67. The summed E-state index contributed by atoms with van der Waals surface area (Å²) in [5.41, 5.74) is 1.45. The second-order valence-corrected chi connectivity index (χ2v) is 5.12. The second kappa shape index (κ2) is 6.18. The van der Waals surface area contributed by atoms with Crippen LogP contribution in [-0.2, 0) is 0 Å². The van der Waals surface area contributed by atoms with Crippen molar-refractivity contribution < 1.29 is 0 Å². The van der Waals surface area contributed by atoms with E-state index in [9.17, 15) is 0 Å². The van der Waals surface area contributed by atoms with Gasteiger partial charge in [0, 0.05) is 19.1 Å². The number of likely N-dealkylation sites (N-methyl/N-ethyl adjacent to an activating group) is 1. The molecule has 1 N–H and O–H groups in total. The molecule has 2 rings (SSSR count). The Balaban J connectivity index is 2.08. The van der Waals surface area contributed by atoms with Crippen molar-refractivity contribution in [3.05, 3.63) is 35.9 Å². The largest absolute Gasteiger partial charge is 0.315 e. The van der Waals surface area contributed by atoms with Crippen LogP contribution in [0.25, 0.3) is 0 Å². The summed E-state index contributed by atoms with van der Waals surface area (Å²) >= 11 is 0. The highest BCUT2D eigenvalue weighted by Crippen LogP contribution is 2.26. The van der Waals surface area contributed by atoms with Crippen molar-refractivity contribution in [3.63, 3.8) is 0 Å². The van der Waals surface area contributed by atoms with E-state index in [4.69, 9.17) is 0 Å². The fraction of sp³-hybridized carbons (Fsp3) is 0.600. The molecule has 1 heterocycles. The topological polar surface area (TPSA) is 15.3 Å². The van der Waals surface area contributed by atoms with Gasteiger partial charge in [-0.05, 0) is 31.0 Å². The molecule has 17 heavy (non-hydrogen) atoms. The fourth-order valence-corrected chi connectivity index (χ4v) is 2.67. The van der Waals surface area contributed by atoms with Gasteiger partial charge in [-0.25, -0.2) is 0 Å². The smallest absolute Gasteiger partial charge is 0.0472 e. The summed E-state index contributed by atoms with van der Waals surface area (Å²) in [4.78, 5) is 2.63. The summed E-state index contributed by atoms with van der Waals surface area (Å²) in [7, 11) is 0. The first-order valence-corrected chi connectivity index (χ1v) is 6.81. The van der Waals surface area contributed by atoms with E-state index in [2.05, 4.69) is 54.4 Å². The first kappa shape index (κ1) is 12.6. The zero-order valence-corrected chi connectivity index (χ0v) is 11.0. The number of nitrogens with zero attached hydrogens (tertiary/aromatic N) is 1. The molecule has 0 amide bonds. The number of hydrogen-bond donors (Lipinski definition) is 1. The molecule has 1 fully saturated rings. The van der Waals surface area contributed by atoms with E-state index >= 15 is 0 Å². The van der Waals surface area contributed by atoms with Crippen LogP contribution < -0.4 is 5.32 Å². The van der Waals surface area contributed by atoms with Crippen molar-refractivity contribution in [2.24, 2.45) is 5.92 Å². The Labute approximate surface area is 105 Å². The maximum atomic E-state index is 3.50. The maximum absolute atomic E-state index is 3.50. The summed E-state index contributed by atoms with van der Waals surface area (Å²) in [6.45, 7) is 9.13. The van der Waals surface area contributed by atoms with Crippen LogP contribution in [-0.4, -0.2) is 31.1 Å². The lowest BCUT2D eigenvalue weighted by atomic mass is 10.1. The van der Waals surface area contributed by atoms with Gasteiger partial charge in [-0.1, -0.05) is 44.2 Å². The molecule has 0 aliphatic carbocycles. The molecule has 1 aromatic carbocycles. The molecule has 1 aliphatic heterocycles. The van der Waals surface area contributed by atoms with Crippen molar-refractivity contribution in [2.75, 3.05) is 26.2 Å². The van der Waals surface area contributed by atoms with Crippen LogP contribution in [0.3, 0.4) is 0 Å². The Morgan fingerprint density at radius 2 is 2.12 bits per heavy atom. The van der Waals surface area contributed by atoms with Gasteiger partial charge in [0.1, 0.15) is 0 Å². The van der Waals surface area contributed by atoms with Gasteiger partial charge in [-0.3, -0.25) is 4.90 Å². The Kier molecular flexibility index (Phi) is 4.57. The van der Waals surface area contributed by atoms with Gasteiger partial charge in [0.15, 0.2) is 0 Å². The highest BCUT2D eigenvalue weighted by atomic mass is 15.2. The molecule has 1 aliphatic rings. The third kappa shape index (κ3) is 3.30. The zero-order chi connectivity index (χ0) is 12.1. The molecule has 2 nitrogen and oxygen atoms in total. The molecule has 1 saturated heterocycles. The molecule has 2 heteroatoms. The predicted molar refractivity (Wildman–Crippen MR) is 73.1 cm³/mol. The Morgan fingerprint density at radius 1 is 1.35 bits per heavy atom. The molecule has 1 aromatic rings. The molecule has 0 radical (unpaired) electrons. The SMILES string of the molecule is CCNCC(c1ccccc1)N1CCC(C)C1. The van der Waals surface area contributed by atoms with Crippen molar-refractivity contribution in [1.82, 2.24) is 10.2 Å². The molecule has 0 bridgehead atoms. The normalized spacial score (nSPS) is 22.8. The van der Waals surface area contributed by atoms with Gasteiger partial charge in [-0.2, -0.15) is 0 Å². The van der Waals surface area contributed by atoms with E-state index in [0.29, 0.717) is 6.04 Å². The lowest BCUT2D eigenvalue weighted by Gasteiger charge is -2.28. The van der Waals surface area contributed by atoms with Crippen LogP contribution >= 0.6 is 0 Å². The average Bonchev–Trinajstić information content (AvgIpc) is 2.78. The second-order valence-electron chi connectivity index (χ2n) is 5.12. The Hall–Kier alpha value is -0.860. The minimum absolute atomic E-state index is 0.543. The maximum Gasteiger partial charge on any atom is 0.0472 e. The monoisotopic (exact) mass is 232 g/mol. The van der Waals surface area contributed by atoms with Crippen LogP contribution in [0.1, 0.15) is 31.9 Å². The summed E-state index contributed by atoms with van der Waals surface area (Å²) < 4.78 is 0. The summed E-state index contributed by atoms with van der Waals surface area (Å²) in [5.74, 6) is 0.850. The van der Waals surface area contributed by atoms with Crippen molar-refractivity contribution >= 4 is 0 Å². The van der Waals surface area contributed by atoms with Gasteiger partial charge in [0.2, 0.25) is 0 Å². The van der Waals surface area contributed by atoms with Gasteiger partial charge in [-0.15, -0.1) is 0 Å². The molecule has 2 unspecified atom stereocenters. The minimum atomic E-state index is 0.543. The van der Waals surface area contributed by atoms with E-state index < -0.39 is 0 Å². The molecular weight excluding hydrogens is 208 g/mol. The summed E-state index contributed by atoms with van der Waals surface area (Å²) in [6, 6.07) is 11.4. The Morgan fingerprint density at radius 3 is 2.71 bits per heavy atom. The number of hydrogen-bond acceptors (Lipinski definition) is 2. The van der Waals surface area contributed by atoms with Gasteiger partial charge in [0.25, 0.3) is 0 Å². The first-order valence-electron chi connectivity index (χ1n) is 6.81. The fourth-order valence-electron chi connectivity index (χ4n) is 2.67. The van der Waals surface area contributed by atoms with Gasteiger partial charge >= 0.3 is 0 Å². The molecule has 94 valence electrons. The van der Waals surface area contributed by atoms with Crippen LogP contribution in [0.4, 0.5) is 0 Å². The van der Waals surface area contributed by atoms with E-state index in [0.717, 1.165) is 19.0 Å². The van der Waals surface area contributed by atoms with Crippen molar-refractivity contribution in [3.8, 4) is 0 Å². The molecule has 0 saturated carbocycles. The van der Waals surface area contributed by atoms with Crippen LogP contribution in [0.2, 0.25) is 0 Å². The summed E-state index contributed by atoms with van der Waals surface area (Å²) in [6.07, 6.45) is 1.34. The third-order valence-electron chi connectivity index (χ3n) is 3.67. The molecule has 0 spiro atoms. The summed E-state index contributed by atoms with van der Waals surface area (Å²) in [5, 5.41) is 3.50. The van der Waals surface area contributed by atoms with Crippen molar-refractivity contribution in [1.29, 1.82) is 0 Å². The number of benzene rings is 1. The quantitative estimate of drug-likeness (QED) is 0.839. The van der Waals surface area contributed by atoms with Crippen LogP contribution in [0.15, 0.2) is 30.3 Å². The van der Waals surface area contributed by atoms with Crippen LogP contribution in [0, 0.1) is 5.92 Å². The standard InChI is InChI=1S/C15H24N2/c1-3-16-11-15(14-7-5-4-6-8-14)17-10-9-13(2)12-17/h4-8,13,15-16H,3,9-12H2,1-2H3.